The lowest BCUT2D eigenvalue weighted by atomic mass is 10.3. The fourth-order valence-electron chi connectivity index (χ4n) is 2.48. The largest absolute Gasteiger partial charge is 0.482 e. The Balaban J connectivity index is 1.69. The predicted octanol–water partition coefficient (Wildman–Crippen LogP) is 6.13. The van der Waals surface area contributed by atoms with Gasteiger partial charge in [-0.05, 0) is 18.2 Å². The number of carbonyl (C=O) groups excluding carboxylic acids is 1. The minimum atomic E-state index is -0.296. The van der Waals surface area contributed by atoms with Crippen molar-refractivity contribution in [2.45, 2.75) is 13.2 Å². The fourth-order valence-corrected chi connectivity index (χ4v) is 3.71. The Labute approximate surface area is 191 Å². The van der Waals surface area contributed by atoms with Crippen LogP contribution in [-0.4, -0.2) is 27.6 Å². The zero-order valence-electron chi connectivity index (χ0n) is 15.2. The third-order valence-corrected chi connectivity index (χ3v) is 6.16. The van der Waals surface area contributed by atoms with Gasteiger partial charge < -0.3 is 14.1 Å². The molecule has 2 aromatic heterocycles. The first-order chi connectivity index (χ1) is 13.7. The summed E-state index contributed by atoms with van der Waals surface area (Å²) in [6.45, 7) is 0.296. The minimum absolute atomic E-state index is 0.0315. The molecule has 0 atom stereocenters. The molecule has 0 radical (unpaired) electrons. The van der Waals surface area contributed by atoms with Crippen LogP contribution in [0.4, 0.5) is 0 Å². The molecule has 1 amide bonds. The molecule has 0 saturated heterocycles. The number of ether oxygens (including phenoxy) is 1. The van der Waals surface area contributed by atoms with Crippen molar-refractivity contribution in [3.8, 4) is 5.75 Å². The van der Waals surface area contributed by atoms with E-state index in [4.69, 9.17) is 67.2 Å². The highest BCUT2D eigenvalue weighted by molar-refractivity contribution is 6.55. The van der Waals surface area contributed by atoms with E-state index in [1.165, 1.54) is 4.90 Å². The maximum absolute atomic E-state index is 12.5. The maximum atomic E-state index is 12.5. The lowest BCUT2D eigenvalue weighted by Gasteiger charge is -2.14. The molecule has 0 N–H and O–H groups in total. The summed E-state index contributed by atoms with van der Waals surface area (Å²) in [4.78, 5) is 14.0. The van der Waals surface area contributed by atoms with Crippen LogP contribution in [0.1, 0.15) is 22.0 Å². The normalized spacial score (nSPS) is 11.0. The molecule has 0 bridgehead atoms. The Kier molecular flexibility index (Phi) is 6.91. The number of nitrogens with zero attached hydrogens (tertiary/aromatic N) is 3. The lowest BCUT2D eigenvalue weighted by Crippen LogP contribution is -2.26. The number of rotatable bonds is 6. The van der Waals surface area contributed by atoms with Gasteiger partial charge >= 0.3 is 0 Å². The number of carbonyl (C=O) groups is 1. The van der Waals surface area contributed by atoms with E-state index in [1.807, 2.05) is 19.3 Å². The monoisotopic (exact) mass is 495 g/mol. The van der Waals surface area contributed by atoms with Gasteiger partial charge in [0.2, 0.25) is 0 Å². The molecule has 154 valence electrons. The van der Waals surface area contributed by atoms with Crippen LogP contribution in [0.25, 0.3) is 0 Å². The average Bonchev–Trinajstić information content (AvgIpc) is 3.33. The SMILES string of the molecule is CN(Cc1ccn(C)n1)C(=O)c1ccc(COc2c(Cl)c(Cl)c(Cl)c(Cl)c2Cl)o1. The third kappa shape index (κ3) is 4.78. The maximum Gasteiger partial charge on any atom is 0.289 e. The van der Waals surface area contributed by atoms with Gasteiger partial charge in [0.05, 0.1) is 27.3 Å². The van der Waals surface area contributed by atoms with E-state index in [1.54, 1.807) is 23.9 Å². The Bertz CT molecular complexity index is 1030. The first kappa shape index (κ1) is 22.1. The van der Waals surface area contributed by atoms with Crippen LogP contribution in [0, 0.1) is 0 Å². The number of aryl methyl sites for hydroxylation is 1. The molecule has 3 aromatic rings. The van der Waals surface area contributed by atoms with Crippen molar-refractivity contribution in [1.29, 1.82) is 0 Å². The molecule has 11 heteroatoms. The standard InChI is InChI=1S/C18H14Cl5N3O3/c1-25(7-9-5-6-26(2)24-9)18(27)11-4-3-10(29-11)8-28-17-15(22)13(20)12(19)14(21)16(17)23/h3-6H,7-8H2,1-2H3. The Morgan fingerprint density at radius 3 is 2.28 bits per heavy atom. The van der Waals surface area contributed by atoms with Gasteiger partial charge in [-0.25, -0.2) is 0 Å². The zero-order chi connectivity index (χ0) is 21.3. The quantitative estimate of drug-likeness (QED) is 0.304. The smallest absolute Gasteiger partial charge is 0.289 e. The number of benzene rings is 1. The molecule has 6 nitrogen and oxygen atoms in total. The van der Waals surface area contributed by atoms with Crippen molar-refractivity contribution in [2.75, 3.05) is 7.05 Å². The van der Waals surface area contributed by atoms with Crippen molar-refractivity contribution in [3.05, 3.63) is 66.7 Å². The van der Waals surface area contributed by atoms with E-state index in [0.29, 0.717) is 12.3 Å². The highest BCUT2D eigenvalue weighted by Crippen LogP contribution is 2.48. The number of aromatic nitrogens is 2. The molecule has 1 aromatic carbocycles. The van der Waals surface area contributed by atoms with Gasteiger partial charge in [-0.2, -0.15) is 5.10 Å². The number of hydrogen-bond acceptors (Lipinski definition) is 4. The molecule has 3 rings (SSSR count). The van der Waals surface area contributed by atoms with Crippen LogP contribution in [-0.2, 0) is 20.2 Å². The molecular weight excluding hydrogens is 483 g/mol. The van der Waals surface area contributed by atoms with E-state index in [2.05, 4.69) is 5.10 Å². The van der Waals surface area contributed by atoms with E-state index in [-0.39, 0.29) is 49.1 Å². The summed E-state index contributed by atoms with van der Waals surface area (Å²) >= 11 is 30.3. The predicted molar refractivity (Wildman–Crippen MR) is 114 cm³/mol. The van der Waals surface area contributed by atoms with Gasteiger partial charge in [0.15, 0.2) is 11.5 Å². The second-order valence-corrected chi connectivity index (χ2v) is 7.99. The summed E-state index contributed by atoms with van der Waals surface area (Å²) in [7, 11) is 3.47. The molecule has 0 aliphatic heterocycles. The van der Waals surface area contributed by atoms with Crippen molar-refractivity contribution < 1.29 is 13.9 Å². The van der Waals surface area contributed by atoms with E-state index >= 15 is 0 Å². The van der Waals surface area contributed by atoms with Crippen LogP contribution >= 0.6 is 58.0 Å². The first-order valence-corrected chi connectivity index (χ1v) is 10.0. The van der Waals surface area contributed by atoms with Gasteiger partial charge in [-0.3, -0.25) is 9.48 Å². The van der Waals surface area contributed by atoms with Gasteiger partial charge in [0, 0.05) is 20.3 Å². The summed E-state index contributed by atoms with van der Waals surface area (Å²) in [5.74, 6) is 0.320. The van der Waals surface area contributed by atoms with Gasteiger partial charge in [0.1, 0.15) is 22.4 Å². The van der Waals surface area contributed by atoms with E-state index < -0.39 is 0 Å². The topological polar surface area (TPSA) is 60.5 Å². The summed E-state index contributed by atoms with van der Waals surface area (Å²) in [5.41, 5.74) is 0.763. The Morgan fingerprint density at radius 1 is 1.07 bits per heavy atom. The molecule has 0 aliphatic carbocycles. The van der Waals surface area contributed by atoms with Gasteiger partial charge in [0.25, 0.3) is 5.91 Å². The highest BCUT2D eigenvalue weighted by atomic mass is 35.5. The molecule has 0 spiro atoms. The van der Waals surface area contributed by atoms with Crippen LogP contribution in [0.15, 0.2) is 28.8 Å². The Morgan fingerprint density at radius 2 is 1.69 bits per heavy atom. The fraction of sp³-hybridized carbons (Fsp3) is 0.222. The second-order valence-electron chi connectivity index (χ2n) is 6.10. The summed E-state index contributed by atoms with van der Waals surface area (Å²) < 4.78 is 12.8. The van der Waals surface area contributed by atoms with Crippen molar-refractivity contribution >= 4 is 63.9 Å². The van der Waals surface area contributed by atoms with Crippen LogP contribution in [0.2, 0.25) is 25.1 Å². The first-order valence-electron chi connectivity index (χ1n) is 8.16. The number of furan rings is 1. The Hall–Kier alpha value is -1.57. The lowest BCUT2D eigenvalue weighted by molar-refractivity contribution is 0.0747. The number of hydrogen-bond donors (Lipinski definition) is 0. The van der Waals surface area contributed by atoms with Crippen LogP contribution in [0.5, 0.6) is 5.75 Å². The summed E-state index contributed by atoms with van der Waals surface area (Å²) in [6.07, 6.45) is 1.81. The van der Waals surface area contributed by atoms with Crippen LogP contribution < -0.4 is 4.74 Å². The van der Waals surface area contributed by atoms with Crippen LogP contribution in [0.3, 0.4) is 0 Å². The highest BCUT2D eigenvalue weighted by Gasteiger charge is 2.22. The van der Waals surface area contributed by atoms with Gasteiger partial charge in [-0.1, -0.05) is 58.0 Å². The van der Waals surface area contributed by atoms with Crippen molar-refractivity contribution in [2.24, 2.45) is 7.05 Å². The van der Waals surface area contributed by atoms with Gasteiger partial charge in [-0.15, -0.1) is 0 Å². The molecule has 29 heavy (non-hydrogen) atoms. The molecule has 0 fully saturated rings. The van der Waals surface area contributed by atoms with E-state index in [0.717, 1.165) is 5.69 Å². The van der Waals surface area contributed by atoms with E-state index in [9.17, 15) is 4.79 Å². The zero-order valence-corrected chi connectivity index (χ0v) is 19.0. The summed E-state index contributed by atoms with van der Waals surface area (Å²) in [6, 6.07) is 5.00. The molecular formula is C18H14Cl5N3O3. The minimum Gasteiger partial charge on any atom is -0.482 e. The second kappa shape index (κ2) is 9.06. The molecule has 0 unspecified atom stereocenters. The van der Waals surface area contributed by atoms with Crippen molar-refractivity contribution in [1.82, 2.24) is 14.7 Å². The molecule has 0 saturated carbocycles. The third-order valence-electron chi connectivity index (χ3n) is 3.92. The molecule has 0 aliphatic rings. The number of amides is 1. The van der Waals surface area contributed by atoms with Crippen molar-refractivity contribution in [3.63, 3.8) is 0 Å². The average molecular weight is 498 g/mol. The molecule has 2 heterocycles. The number of halogens is 5. The summed E-state index contributed by atoms with van der Waals surface area (Å²) in [5, 5.41) is 4.41.